The second kappa shape index (κ2) is 5.19. The van der Waals surface area contributed by atoms with Gasteiger partial charge in [0.2, 0.25) is 0 Å². The summed E-state index contributed by atoms with van der Waals surface area (Å²) in [5.41, 5.74) is 7.90. The highest BCUT2D eigenvalue weighted by molar-refractivity contribution is 6.07. The van der Waals surface area contributed by atoms with Gasteiger partial charge in [-0.1, -0.05) is 6.07 Å². The third-order valence-corrected chi connectivity index (χ3v) is 2.70. The molecule has 94 valence electrons. The molecule has 2 aromatic rings. The highest BCUT2D eigenvalue weighted by atomic mass is 16.1. The van der Waals surface area contributed by atoms with E-state index in [0.717, 1.165) is 5.56 Å². The molecule has 0 saturated heterocycles. The Hall–Kier alpha value is -2.87. The van der Waals surface area contributed by atoms with Gasteiger partial charge < -0.3 is 11.1 Å². The standard InChI is InChI=1S/C14H12N4O/c1-9-4-5-10(8-15)7-12(9)18-14(19)11-3-2-6-17-13(11)16/h2-7H,1H3,(H2,16,17)(H,18,19). The first-order chi connectivity index (χ1) is 9.11. The van der Waals surface area contributed by atoms with Gasteiger partial charge in [0, 0.05) is 11.9 Å². The number of anilines is 2. The van der Waals surface area contributed by atoms with Crippen molar-refractivity contribution in [2.75, 3.05) is 11.1 Å². The smallest absolute Gasteiger partial charge is 0.259 e. The number of benzene rings is 1. The Kier molecular flexibility index (Phi) is 3.44. The number of aryl methyl sites for hydroxylation is 1. The van der Waals surface area contributed by atoms with Crippen molar-refractivity contribution in [2.24, 2.45) is 0 Å². The van der Waals surface area contributed by atoms with Crippen molar-refractivity contribution in [2.45, 2.75) is 6.92 Å². The average Bonchev–Trinajstić information content (AvgIpc) is 2.41. The number of nitriles is 1. The first-order valence-corrected chi connectivity index (χ1v) is 5.64. The fourth-order valence-electron chi connectivity index (χ4n) is 1.63. The third-order valence-electron chi connectivity index (χ3n) is 2.70. The number of carbonyl (C=O) groups excluding carboxylic acids is 1. The number of aromatic nitrogens is 1. The number of nitrogens with one attached hydrogen (secondary N) is 1. The fourth-order valence-corrected chi connectivity index (χ4v) is 1.63. The molecule has 3 N–H and O–H groups in total. The Morgan fingerprint density at radius 1 is 1.42 bits per heavy atom. The van der Waals surface area contributed by atoms with Crippen LogP contribution in [0.3, 0.4) is 0 Å². The fraction of sp³-hybridized carbons (Fsp3) is 0.0714. The van der Waals surface area contributed by atoms with E-state index in [4.69, 9.17) is 11.0 Å². The molecule has 1 amide bonds. The van der Waals surface area contributed by atoms with E-state index in [1.807, 2.05) is 13.0 Å². The number of nitrogens with zero attached hydrogens (tertiary/aromatic N) is 2. The molecule has 0 aliphatic rings. The van der Waals surface area contributed by atoms with Gasteiger partial charge in [0.15, 0.2) is 0 Å². The molecule has 0 unspecified atom stereocenters. The number of rotatable bonds is 2. The van der Waals surface area contributed by atoms with Crippen molar-refractivity contribution in [3.05, 3.63) is 53.2 Å². The van der Waals surface area contributed by atoms with Gasteiger partial charge >= 0.3 is 0 Å². The minimum Gasteiger partial charge on any atom is -0.383 e. The van der Waals surface area contributed by atoms with Crippen molar-refractivity contribution in [1.82, 2.24) is 4.98 Å². The quantitative estimate of drug-likeness (QED) is 0.856. The predicted molar refractivity (Wildman–Crippen MR) is 72.5 cm³/mol. The van der Waals surface area contributed by atoms with E-state index in [0.29, 0.717) is 16.8 Å². The van der Waals surface area contributed by atoms with Crippen molar-refractivity contribution >= 4 is 17.4 Å². The number of pyridine rings is 1. The van der Waals surface area contributed by atoms with Gasteiger partial charge in [-0.25, -0.2) is 4.98 Å². The van der Waals surface area contributed by atoms with Gasteiger partial charge in [-0.05, 0) is 36.8 Å². The lowest BCUT2D eigenvalue weighted by Gasteiger charge is -2.09. The Morgan fingerprint density at radius 2 is 2.21 bits per heavy atom. The summed E-state index contributed by atoms with van der Waals surface area (Å²) in [7, 11) is 0. The van der Waals surface area contributed by atoms with Crippen molar-refractivity contribution in [1.29, 1.82) is 5.26 Å². The number of carbonyl (C=O) groups is 1. The maximum absolute atomic E-state index is 12.1. The molecule has 1 heterocycles. The molecule has 0 saturated carbocycles. The van der Waals surface area contributed by atoms with Crippen LogP contribution in [0.25, 0.3) is 0 Å². The number of hydrogen-bond donors (Lipinski definition) is 2. The highest BCUT2D eigenvalue weighted by Crippen LogP contribution is 2.18. The Bertz CT molecular complexity index is 673. The van der Waals surface area contributed by atoms with Crippen LogP contribution in [0.15, 0.2) is 36.5 Å². The molecular formula is C14H12N4O. The number of amides is 1. The maximum Gasteiger partial charge on any atom is 0.259 e. The van der Waals surface area contributed by atoms with Gasteiger partial charge in [-0.2, -0.15) is 5.26 Å². The number of nitrogen functional groups attached to an aromatic ring is 1. The molecule has 0 bridgehead atoms. The molecule has 0 spiro atoms. The van der Waals surface area contributed by atoms with E-state index in [1.165, 1.54) is 6.20 Å². The first-order valence-electron chi connectivity index (χ1n) is 5.64. The van der Waals surface area contributed by atoms with E-state index in [-0.39, 0.29) is 11.7 Å². The van der Waals surface area contributed by atoms with Crippen molar-refractivity contribution in [3.8, 4) is 6.07 Å². The summed E-state index contributed by atoms with van der Waals surface area (Å²) in [5.74, 6) is -0.169. The Balaban J connectivity index is 2.30. The zero-order valence-corrected chi connectivity index (χ0v) is 10.3. The zero-order chi connectivity index (χ0) is 13.8. The molecule has 5 heteroatoms. The number of hydrogen-bond acceptors (Lipinski definition) is 4. The van der Waals surface area contributed by atoms with Gasteiger partial charge in [-0.3, -0.25) is 4.79 Å². The van der Waals surface area contributed by atoms with Gasteiger partial charge in [0.05, 0.1) is 17.2 Å². The zero-order valence-electron chi connectivity index (χ0n) is 10.3. The summed E-state index contributed by atoms with van der Waals surface area (Å²) >= 11 is 0. The SMILES string of the molecule is Cc1ccc(C#N)cc1NC(=O)c1cccnc1N. The Morgan fingerprint density at radius 3 is 2.89 bits per heavy atom. The van der Waals surface area contributed by atoms with Crippen LogP contribution in [0, 0.1) is 18.3 Å². The normalized spacial score (nSPS) is 9.68. The molecule has 19 heavy (non-hydrogen) atoms. The Labute approximate surface area is 110 Å². The minimum absolute atomic E-state index is 0.175. The van der Waals surface area contributed by atoms with Gasteiger partial charge in [0.25, 0.3) is 5.91 Å². The largest absolute Gasteiger partial charge is 0.383 e. The van der Waals surface area contributed by atoms with Gasteiger partial charge in [-0.15, -0.1) is 0 Å². The minimum atomic E-state index is -0.344. The predicted octanol–water partition coefficient (Wildman–Crippen LogP) is 2.10. The lowest BCUT2D eigenvalue weighted by Crippen LogP contribution is -2.15. The molecule has 1 aromatic heterocycles. The van der Waals surface area contributed by atoms with Crippen LogP contribution in [-0.4, -0.2) is 10.9 Å². The molecule has 2 rings (SSSR count). The molecule has 5 nitrogen and oxygen atoms in total. The van der Waals surface area contributed by atoms with Crippen LogP contribution in [0.4, 0.5) is 11.5 Å². The lowest BCUT2D eigenvalue weighted by atomic mass is 10.1. The lowest BCUT2D eigenvalue weighted by molar-refractivity contribution is 0.102. The van der Waals surface area contributed by atoms with E-state index in [2.05, 4.69) is 10.3 Å². The van der Waals surface area contributed by atoms with E-state index >= 15 is 0 Å². The summed E-state index contributed by atoms with van der Waals surface area (Å²) in [6, 6.07) is 10.4. The van der Waals surface area contributed by atoms with Crippen molar-refractivity contribution in [3.63, 3.8) is 0 Å². The second-order valence-corrected chi connectivity index (χ2v) is 4.03. The van der Waals surface area contributed by atoms with Crippen LogP contribution in [-0.2, 0) is 0 Å². The highest BCUT2D eigenvalue weighted by Gasteiger charge is 2.11. The average molecular weight is 252 g/mol. The summed E-state index contributed by atoms with van der Waals surface area (Å²) in [4.78, 5) is 15.9. The van der Waals surface area contributed by atoms with Gasteiger partial charge in [0.1, 0.15) is 5.82 Å². The summed E-state index contributed by atoms with van der Waals surface area (Å²) in [6.45, 7) is 1.85. The monoisotopic (exact) mass is 252 g/mol. The summed E-state index contributed by atoms with van der Waals surface area (Å²) in [5, 5.41) is 11.6. The maximum atomic E-state index is 12.1. The molecule has 0 atom stereocenters. The topological polar surface area (TPSA) is 91.8 Å². The molecular weight excluding hydrogens is 240 g/mol. The van der Waals surface area contributed by atoms with Crippen LogP contribution in [0.2, 0.25) is 0 Å². The third kappa shape index (κ3) is 2.69. The van der Waals surface area contributed by atoms with Crippen LogP contribution in [0.5, 0.6) is 0 Å². The summed E-state index contributed by atoms with van der Waals surface area (Å²) < 4.78 is 0. The molecule has 0 aliphatic carbocycles. The molecule has 0 aliphatic heterocycles. The molecule has 0 radical (unpaired) electrons. The molecule has 1 aromatic carbocycles. The van der Waals surface area contributed by atoms with Crippen LogP contribution >= 0.6 is 0 Å². The second-order valence-electron chi connectivity index (χ2n) is 4.03. The van der Waals surface area contributed by atoms with E-state index < -0.39 is 0 Å². The van der Waals surface area contributed by atoms with Crippen LogP contribution < -0.4 is 11.1 Å². The van der Waals surface area contributed by atoms with E-state index in [9.17, 15) is 4.79 Å². The van der Waals surface area contributed by atoms with E-state index in [1.54, 1.807) is 30.3 Å². The molecule has 0 fully saturated rings. The number of nitrogens with two attached hydrogens (primary N) is 1. The van der Waals surface area contributed by atoms with Crippen molar-refractivity contribution < 1.29 is 4.79 Å². The first kappa shape index (κ1) is 12.6. The van der Waals surface area contributed by atoms with Crippen LogP contribution in [0.1, 0.15) is 21.5 Å². The summed E-state index contributed by atoms with van der Waals surface area (Å²) in [6.07, 6.45) is 1.52.